The first-order valence-electron chi connectivity index (χ1n) is 11.8. The van der Waals surface area contributed by atoms with Crippen molar-refractivity contribution in [3.05, 3.63) is 71.0 Å². The van der Waals surface area contributed by atoms with E-state index in [2.05, 4.69) is 34.1 Å². The molecule has 6 nitrogen and oxygen atoms in total. The molecule has 0 radical (unpaired) electrons. The minimum Gasteiger partial charge on any atom is -0.379 e. The second kappa shape index (κ2) is 10.6. The van der Waals surface area contributed by atoms with Gasteiger partial charge in [0.2, 0.25) is 5.91 Å². The highest BCUT2D eigenvalue weighted by molar-refractivity contribution is 7.13. The molecule has 2 fully saturated rings. The Balaban J connectivity index is 1.13. The highest BCUT2D eigenvalue weighted by Gasteiger charge is 2.22. The number of thiazole rings is 1. The van der Waals surface area contributed by atoms with E-state index in [1.807, 2.05) is 10.3 Å². The number of halogens is 1. The van der Waals surface area contributed by atoms with Gasteiger partial charge in [0, 0.05) is 62.4 Å². The third-order valence-corrected chi connectivity index (χ3v) is 7.36. The van der Waals surface area contributed by atoms with Gasteiger partial charge in [-0.1, -0.05) is 24.3 Å². The maximum absolute atomic E-state index is 13.2. The van der Waals surface area contributed by atoms with Gasteiger partial charge < -0.3 is 14.5 Å². The molecule has 0 N–H and O–H groups in total. The van der Waals surface area contributed by atoms with Gasteiger partial charge in [-0.25, -0.2) is 9.37 Å². The summed E-state index contributed by atoms with van der Waals surface area (Å²) in [4.78, 5) is 24.1. The van der Waals surface area contributed by atoms with Crippen molar-refractivity contribution in [2.75, 3.05) is 57.4 Å². The van der Waals surface area contributed by atoms with E-state index in [0.717, 1.165) is 67.9 Å². The minimum atomic E-state index is -0.232. The SMILES string of the molecule is O=C(Cc1csc(-c2ccc(CN3CCOCC3)cc2)n1)N1CCN(c2ccc(F)cc2)CC1. The normalized spacial score (nSPS) is 17.2. The smallest absolute Gasteiger partial charge is 0.228 e. The Morgan fingerprint density at radius 2 is 1.65 bits per heavy atom. The average molecular weight is 481 g/mol. The lowest BCUT2D eigenvalue weighted by molar-refractivity contribution is -0.130. The van der Waals surface area contributed by atoms with E-state index >= 15 is 0 Å². The Labute approximate surface area is 203 Å². The molecule has 0 atom stereocenters. The molecule has 3 heterocycles. The van der Waals surface area contributed by atoms with Crippen LogP contribution in [0.2, 0.25) is 0 Å². The lowest BCUT2D eigenvalue weighted by Gasteiger charge is -2.36. The number of carbonyl (C=O) groups excluding carboxylic acids is 1. The number of hydrogen-bond acceptors (Lipinski definition) is 6. The van der Waals surface area contributed by atoms with Gasteiger partial charge in [0.25, 0.3) is 0 Å². The number of anilines is 1. The quantitative estimate of drug-likeness (QED) is 0.539. The lowest BCUT2D eigenvalue weighted by atomic mass is 10.1. The van der Waals surface area contributed by atoms with Gasteiger partial charge in [0.15, 0.2) is 0 Å². The number of morpholine rings is 1. The highest BCUT2D eigenvalue weighted by Crippen LogP contribution is 2.25. The predicted octanol–water partition coefficient (Wildman–Crippen LogP) is 3.67. The maximum Gasteiger partial charge on any atom is 0.228 e. The number of carbonyl (C=O) groups is 1. The van der Waals surface area contributed by atoms with Crippen LogP contribution in [-0.4, -0.2) is 73.2 Å². The zero-order chi connectivity index (χ0) is 23.3. The molecule has 2 aliphatic heterocycles. The van der Waals surface area contributed by atoms with Gasteiger partial charge in [-0.15, -0.1) is 11.3 Å². The van der Waals surface area contributed by atoms with Crippen molar-refractivity contribution >= 4 is 22.9 Å². The molecule has 0 unspecified atom stereocenters. The van der Waals surface area contributed by atoms with Gasteiger partial charge in [0.1, 0.15) is 10.8 Å². The summed E-state index contributed by atoms with van der Waals surface area (Å²) in [5.41, 5.74) is 4.19. The van der Waals surface area contributed by atoms with Crippen LogP contribution in [-0.2, 0) is 22.5 Å². The van der Waals surface area contributed by atoms with Crippen LogP contribution < -0.4 is 4.90 Å². The number of rotatable bonds is 6. The van der Waals surface area contributed by atoms with Gasteiger partial charge in [-0.05, 0) is 29.8 Å². The molecule has 2 aromatic carbocycles. The zero-order valence-corrected chi connectivity index (χ0v) is 20.0. The van der Waals surface area contributed by atoms with Crippen LogP contribution in [0, 0.1) is 5.82 Å². The van der Waals surface area contributed by atoms with Crippen molar-refractivity contribution in [2.24, 2.45) is 0 Å². The molecule has 8 heteroatoms. The number of hydrogen-bond donors (Lipinski definition) is 0. The summed E-state index contributed by atoms with van der Waals surface area (Å²) in [5.74, 6) is -0.124. The molecule has 2 aliphatic rings. The molecular weight excluding hydrogens is 451 g/mol. The Morgan fingerprint density at radius 1 is 0.941 bits per heavy atom. The molecule has 0 bridgehead atoms. The Bertz CT molecular complexity index is 1090. The van der Waals surface area contributed by atoms with Crippen molar-refractivity contribution in [3.63, 3.8) is 0 Å². The molecule has 178 valence electrons. The monoisotopic (exact) mass is 480 g/mol. The lowest BCUT2D eigenvalue weighted by Crippen LogP contribution is -2.49. The van der Waals surface area contributed by atoms with Gasteiger partial charge >= 0.3 is 0 Å². The predicted molar refractivity (Wildman–Crippen MR) is 133 cm³/mol. The number of ether oxygens (including phenoxy) is 1. The Hall–Kier alpha value is -2.81. The van der Waals surface area contributed by atoms with Crippen LogP contribution in [0.3, 0.4) is 0 Å². The maximum atomic E-state index is 13.2. The number of aromatic nitrogens is 1. The third kappa shape index (κ3) is 5.63. The summed E-state index contributed by atoms with van der Waals surface area (Å²) in [6.45, 7) is 7.34. The molecule has 0 aliphatic carbocycles. The van der Waals surface area contributed by atoms with Crippen molar-refractivity contribution in [2.45, 2.75) is 13.0 Å². The fraction of sp³-hybridized carbons (Fsp3) is 0.385. The summed E-state index contributed by atoms with van der Waals surface area (Å²) in [5, 5.41) is 2.94. The number of amides is 1. The molecular formula is C26H29FN4O2S. The zero-order valence-electron chi connectivity index (χ0n) is 19.2. The van der Waals surface area contributed by atoms with E-state index in [4.69, 9.17) is 9.72 Å². The van der Waals surface area contributed by atoms with Crippen LogP contribution in [0.1, 0.15) is 11.3 Å². The summed E-state index contributed by atoms with van der Waals surface area (Å²) < 4.78 is 18.6. The number of piperazine rings is 1. The summed E-state index contributed by atoms with van der Waals surface area (Å²) in [6, 6.07) is 15.1. The molecule has 1 aromatic heterocycles. The molecule has 2 saturated heterocycles. The summed E-state index contributed by atoms with van der Waals surface area (Å²) in [7, 11) is 0. The minimum absolute atomic E-state index is 0.108. The van der Waals surface area contributed by atoms with Crippen molar-refractivity contribution in [1.82, 2.24) is 14.8 Å². The largest absolute Gasteiger partial charge is 0.379 e. The average Bonchev–Trinajstić information content (AvgIpc) is 3.34. The van der Waals surface area contributed by atoms with Crippen molar-refractivity contribution < 1.29 is 13.9 Å². The Morgan fingerprint density at radius 3 is 2.35 bits per heavy atom. The third-order valence-electron chi connectivity index (χ3n) is 6.42. The second-order valence-electron chi connectivity index (χ2n) is 8.75. The van der Waals surface area contributed by atoms with Crippen LogP contribution in [0.5, 0.6) is 0 Å². The second-order valence-corrected chi connectivity index (χ2v) is 9.61. The van der Waals surface area contributed by atoms with E-state index in [1.54, 1.807) is 23.5 Å². The first-order valence-corrected chi connectivity index (χ1v) is 12.6. The van der Waals surface area contributed by atoms with E-state index in [9.17, 15) is 9.18 Å². The molecule has 5 rings (SSSR count). The molecule has 0 spiro atoms. The fourth-order valence-electron chi connectivity index (χ4n) is 4.42. The molecule has 3 aromatic rings. The molecule has 34 heavy (non-hydrogen) atoms. The topological polar surface area (TPSA) is 48.9 Å². The fourth-order valence-corrected chi connectivity index (χ4v) is 5.25. The van der Waals surface area contributed by atoms with Crippen molar-refractivity contribution in [1.29, 1.82) is 0 Å². The van der Waals surface area contributed by atoms with Crippen molar-refractivity contribution in [3.8, 4) is 10.6 Å². The van der Waals surface area contributed by atoms with Crippen LogP contribution in [0.4, 0.5) is 10.1 Å². The van der Waals surface area contributed by atoms with Gasteiger partial charge in [0.05, 0.1) is 25.3 Å². The summed E-state index contributed by atoms with van der Waals surface area (Å²) in [6.07, 6.45) is 0.322. The first kappa shape index (κ1) is 23.0. The summed E-state index contributed by atoms with van der Waals surface area (Å²) >= 11 is 1.58. The number of nitrogens with zero attached hydrogens (tertiary/aromatic N) is 4. The molecule has 1 amide bonds. The standard InChI is InChI=1S/C26H29FN4O2S/c27-22-5-7-24(8-6-22)30-9-11-31(12-10-30)25(32)17-23-19-34-26(28-23)21-3-1-20(2-4-21)18-29-13-15-33-16-14-29/h1-8,19H,9-18H2. The molecule has 0 saturated carbocycles. The van der Waals surface area contributed by atoms with E-state index in [0.29, 0.717) is 19.5 Å². The van der Waals surface area contributed by atoms with Crippen LogP contribution in [0.15, 0.2) is 53.9 Å². The first-order chi connectivity index (χ1) is 16.6. The van der Waals surface area contributed by atoms with E-state index < -0.39 is 0 Å². The van der Waals surface area contributed by atoms with E-state index in [-0.39, 0.29) is 11.7 Å². The highest BCUT2D eigenvalue weighted by atomic mass is 32.1. The number of benzene rings is 2. The van der Waals surface area contributed by atoms with Crippen LogP contribution >= 0.6 is 11.3 Å². The van der Waals surface area contributed by atoms with E-state index in [1.165, 1.54) is 17.7 Å². The van der Waals surface area contributed by atoms with Gasteiger partial charge in [-0.3, -0.25) is 9.69 Å². The van der Waals surface area contributed by atoms with Gasteiger partial charge in [-0.2, -0.15) is 0 Å². The van der Waals surface area contributed by atoms with Crippen LogP contribution in [0.25, 0.3) is 10.6 Å². The Kier molecular flexibility index (Phi) is 7.18.